The van der Waals surface area contributed by atoms with Gasteiger partial charge in [-0.05, 0) is 37.1 Å². The molecule has 1 atom stereocenters. The number of nitrogens with zero attached hydrogens (tertiary/aromatic N) is 3. The number of ketones is 1. The van der Waals surface area contributed by atoms with Gasteiger partial charge in [-0.25, -0.2) is 0 Å². The highest BCUT2D eigenvalue weighted by atomic mass is 16.5. The lowest BCUT2D eigenvalue weighted by Crippen LogP contribution is -2.40. The minimum Gasteiger partial charge on any atom is -0.497 e. The highest BCUT2D eigenvalue weighted by Crippen LogP contribution is 2.28. The number of nitriles is 1. The van der Waals surface area contributed by atoms with E-state index in [-0.39, 0.29) is 11.7 Å². The molecule has 1 amide bonds. The number of ether oxygens (including phenoxy) is 1. The van der Waals surface area contributed by atoms with E-state index < -0.39 is 11.8 Å². The van der Waals surface area contributed by atoms with Crippen molar-refractivity contribution in [3.8, 4) is 11.8 Å². The second-order valence-corrected chi connectivity index (χ2v) is 7.41. The smallest absolute Gasteiger partial charge is 0.298 e. The lowest BCUT2D eigenvalue weighted by Gasteiger charge is -2.30. The summed E-state index contributed by atoms with van der Waals surface area (Å²) in [6.45, 7) is 1.14. The number of fused-ring (bicyclic) bond motifs is 1. The molecule has 31 heavy (non-hydrogen) atoms. The van der Waals surface area contributed by atoms with Crippen LogP contribution in [0.4, 0.5) is 11.7 Å². The first kappa shape index (κ1) is 20.4. The molecule has 1 aliphatic heterocycles. The zero-order valence-electron chi connectivity index (χ0n) is 17.1. The molecule has 8 heteroatoms. The van der Waals surface area contributed by atoms with Crippen LogP contribution in [0.2, 0.25) is 0 Å². The summed E-state index contributed by atoms with van der Waals surface area (Å²) in [5, 5.41) is 12.1. The largest absolute Gasteiger partial charge is 0.497 e. The number of para-hydroxylation sites is 2. The number of hydrogen-bond donors (Lipinski definition) is 1. The molecule has 1 fully saturated rings. The number of benzene rings is 2. The number of carbonyl (C=O) groups excluding carboxylic acids is 2. The second-order valence-electron chi connectivity index (χ2n) is 7.41. The number of nitrogens with one attached hydrogen (secondary N) is 1. The van der Waals surface area contributed by atoms with Gasteiger partial charge in [-0.1, -0.05) is 18.2 Å². The summed E-state index contributed by atoms with van der Waals surface area (Å²) in [7, 11) is 1.52. The lowest BCUT2D eigenvalue weighted by molar-refractivity contribution is -0.131. The van der Waals surface area contributed by atoms with Crippen LogP contribution in [0.3, 0.4) is 0 Å². The number of aromatic nitrogens is 1. The Labute approximate surface area is 179 Å². The number of carbonyl (C=O) groups is 2. The van der Waals surface area contributed by atoms with E-state index in [1.165, 1.54) is 7.11 Å². The van der Waals surface area contributed by atoms with Gasteiger partial charge < -0.3 is 19.4 Å². The van der Waals surface area contributed by atoms with Crippen molar-refractivity contribution in [3.63, 3.8) is 0 Å². The normalized spacial score (nSPS) is 15.3. The highest BCUT2D eigenvalue weighted by molar-refractivity contribution is 6.10. The van der Waals surface area contributed by atoms with E-state index in [4.69, 9.17) is 9.15 Å². The van der Waals surface area contributed by atoms with Crippen molar-refractivity contribution in [2.45, 2.75) is 12.8 Å². The molecule has 1 unspecified atom stereocenters. The van der Waals surface area contributed by atoms with Gasteiger partial charge >= 0.3 is 0 Å². The molecule has 0 bridgehead atoms. The minimum absolute atomic E-state index is 0.347. The first-order valence-electron chi connectivity index (χ1n) is 10.1. The number of piperidine rings is 1. The quantitative estimate of drug-likeness (QED) is 0.611. The SMILES string of the molecule is COc1cccc(NC(=O)C(C#N)C(=O)C2CCN(c3nc4ccccc4o3)CC2)c1. The van der Waals surface area contributed by atoms with Crippen LogP contribution >= 0.6 is 0 Å². The Morgan fingerprint density at radius 1 is 1.23 bits per heavy atom. The Morgan fingerprint density at radius 3 is 2.71 bits per heavy atom. The monoisotopic (exact) mass is 418 g/mol. The Bertz CT molecular complexity index is 1110. The topological polar surface area (TPSA) is 108 Å². The van der Waals surface area contributed by atoms with Gasteiger partial charge in [-0.15, -0.1) is 0 Å². The van der Waals surface area contributed by atoms with E-state index in [1.807, 2.05) is 35.2 Å². The summed E-state index contributed by atoms with van der Waals surface area (Å²) < 4.78 is 10.9. The summed E-state index contributed by atoms with van der Waals surface area (Å²) in [6, 6.07) is 16.7. The number of oxazole rings is 1. The van der Waals surface area contributed by atoms with Crippen LogP contribution in [0.15, 0.2) is 52.9 Å². The van der Waals surface area contributed by atoms with Gasteiger partial charge in [0.15, 0.2) is 17.3 Å². The maximum atomic E-state index is 12.9. The molecular weight excluding hydrogens is 396 g/mol. The fraction of sp³-hybridized carbons (Fsp3) is 0.304. The summed E-state index contributed by atoms with van der Waals surface area (Å²) in [5.74, 6) is -2.11. The van der Waals surface area contributed by atoms with Crippen molar-refractivity contribution in [1.29, 1.82) is 5.26 Å². The van der Waals surface area contributed by atoms with E-state index in [9.17, 15) is 14.9 Å². The first-order valence-corrected chi connectivity index (χ1v) is 10.1. The molecule has 0 radical (unpaired) electrons. The van der Waals surface area contributed by atoms with Gasteiger partial charge in [-0.3, -0.25) is 9.59 Å². The number of methoxy groups -OCH3 is 1. The van der Waals surface area contributed by atoms with Crippen molar-refractivity contribution in [3.05, 3.63) is 48.5 Å². The number of Topliss-reactive ketones (excluding diaryl/α,β-unsaturated/α-hetero) is 1. The summed E-state index contributed by atoms with van der Waals surface area (Å²) in [6.07, 6.45) is 1.06. The Balaban J connectivity index is 1.38. The van der Waals surface area contributed by atoms with Gasteiger partial charge in [0.25, 0.3) is 6.01 Å². The number of rotatable bonds is 6. The van der Waals surface area contributed by atoms with Crippen LogP contribution in [0.25, 0.3) is 11.1 Å². The van der Waals surface area contributed by atoms with Gasteiger partial charge in [0.05, 0.1) is 13.2 Å². The van der Waals surface area contributed by atoms with E-state index in [0.717, 1.165) is 11.1 Å². The lowest BCUT2D eigenvalue weighted by atomic mass is 9.86. The van der Waals surface area contributed by atoms with Crippen LogP contribution < -0.4 is 15.0 Å². The van der Waals surface area contributed by atoms with Gasteiger partial charge in [-0.2, -0.15) is 10.2 Å². The number of amides is 1. The zero-order chi connectivity index (χ0) is 21.8. The van der Waals surface area contributed by atoms with E-state index in [0.29, 0.717) is 43.4 Å². The standard InChI is InChI=1S/C23H22N4O4/c1-30-17-6-4-5-16(13-17)25-22(29)18(14-24)21(28)15-9-11-27(12-10-15)23-26-19-7-2-3-8-20(19)31-23/h2-8,13,15,18H,9-12H2,1H3,(H,25,29). The molecule has 2 heterocycles. The Kier molecular flexibility index (Phi) is 5.85. The third-order valence-corrected chi connectivity index (χ3v) is 5.46. The van der Waals surface area contributed by atoms with Crippen LogP contribution in [0, 0.1) is 23.2 Å². The molecule has 0 spiro atoms. The van der Waals surface area contributed by atoms with E-state index in [2.05, 4.69) is 10.3 Å². The Hall–Kier alpha value is -3.86. The summed E-state index contributed by atoms with van der Waals surface area (Å²) in [4.78, 5) is 32.0. The van der Waals surface area contributed by atoms with Crippen molar-refractivity contribution in [2.24, 2.45) is 11.8 Å². The van der Waals surface area contributed by atoms with Crippen molar-refractivity contribution >= 4 is 34.5 Å². The molecule has 158 valence electrons. The van der Waals surface area contributed by atoms with Crippen molar-refractivity contribution in [1.82, 2.24) is 4.98 Å². The zero-order valence-corrected chi connectivity index (χ0v) is 17.1. The van der Waals surface area contributed by atoms with Crippen LogP contribution in [0.1, 0.15) is 12.8 Å². The minimum atomic E-state index is -1.35. The molecule has 0 saturated carbocycles. The van der Waals surface area contributed by atoms with Gasteiger partial charge in [0, 0.05) is 30.8 Å². The molecule has 8 nitrogen and oxygen atoms in total. The summed E-state index contributed by atoms with van der Waals surface area (Å²) in [5.41, 5.74) is 1.98. The molecule has 2 aromatic carbocycles. The maximum Gasteiger partial charge on any atom is 0.298 e. The average Bonchev–Trinajstić information content (AvgIpc) is 3.24. The third-order valence-electron chi connectivity index (χ3n) is 5.46. The van der Waals surface area contributed by atoms with Crippen molar-refractivity contribution in [2.75, 3.05) is 30.4 Å². The van der Waals surface area contributed by atoms with Crippen molar-refractivity contribution < 1.29 is 18.7 Å². The first-order chi connectivity index (χ1) is 15.1. The molecule has 3 aromatic rings. The molecule has 1 N–H and O–H groups in total. The third kappa shape index (κ3) is 4.36. The fourth-order valence-electron chi connectivity index (χ4n) is 3.75. The van der Waals surface area contributed by atoms with E-state index in [1.54, 1.807) is 24.3 Å². The molecular formula is C23H22N4O4. The second kappa shape index (κ2) is 8.88. The van der Waals surface area contributed by atoms with Gasteiger partial charge in [0.1, 0.15) is 11.3 Å². The van der Waals surface area contributed by atoms with Crippen LogP contribution in [-0.2, 0) is 9.59 Å². The number of hydrogen-bond acceptors (Lipinski definition) is 7. The predicted octanol–water partition coefficient (Wildman–Crippen LogP) is 3.40. The maximum absolute atomic E-state index is 12.9. The summed E-state index contributed by atoms with van der Waals surface area (Å²) >= 11 is 0. The highest BCUT2D eigenvalue weighted by Gasteiger charge is 2.35. The molecule has 1 saturated heterocycles. The van der Waals surface area contributed by atoms with Crippen LogP contribution in [0.5, 0.6) is 5.75 Å². The van der Waals surface area contributed by atoms with Gasteiger partial charge in [0.2, 0.25) is 5.91 Å². The fourth-order valence-corrected chi connectivity index (χ4v) is 3.75. The van der Waals surface area contributed by atoms with Crippen LogP contribution in [-0.4, -0.2) is 36.9 Å². The molecule has 0 aliphatic carbocycles. The predicted molar refractivity (Wildman–Crippen MR) is 115 cm³/mol. The molecule has 1 aromatic heterocycles. The Morgan fingerprint density at radius 2 is 2.00 bits per heavy atom. The molecule has 4 rings (SSSR count). The average molecular weight is 418 g/mol. The number of anilines is 2. The molecule has 1 aliphatic rings. The van der Waals surface area contributed by atoms with E-state index >= 15 is 0 Å².